The van der Waals surface area contributed by atoms with Gasteiger partial charge in [-0.05, 0) is 6.42 Å². The molecule has 0 aliphatic rings. The maximum Gasteiger partial charge on any atom is 0.387 e. The highest BCUT2D eigenvalue weighted by molar-refractivity contribution is 5.68. The number of methoxy groups -OCH3 is 1. The number of aliphatic hydroxyl groups is 1. The quantitative estimate of drug-likeness (QED) is 0.638. The van der Waals surface area contributed by atoms with Crippen molar-refractivity contribution in [2.24, 2.45) is 0 Å². The van der Waals surface area contributed by atoms with Crippen molar-refractivity contribution in [1.29, 1.82) is 0 Å². The lowest BCUT2D eigenvalue weighted by Crippen LogP contribution is -2.18. The molecule has 0 aliphatic heterocycles. The van der Waals surface area contributed by atoms with Gasteiger partial charge in [0.05, 0.1) is 24.1 Å². The highest BCUT2D eigenvalue weighted by atomic mass is 19.3. The van der Waals surface area contributed by atoms with Gasteiger partial charge in [-0.1, -0.05) is 0 Å². The summed E-state index contributed by atoms with van der Waals surface area (Å²) in [6.07, 6.45) is -0.304. The fourth-order valence-corrected chi connectivity index (χ4v) is 1.56. The number of hydrogen-bond donors (Lipinski definition) is 3. The normalized spacial score (nSPS) is 12.5. The van der Waals surface area contributed by atoms with Crippen LogP contribution in [-0.2, 0) is 4.74 Å². The number of hydrogen-bond acceptors (Lipinski definition) is 5. The number of benzene rings is 1. The molecule has 4 N–H and O–H groups in total. The smallest absolute Gasteiger partial charge is 0.387 e. The van der Waals surface area contributed by atoms with Gasteiger partial charge in [-0.2, -0.15) is 8.78 Å². The van der Waals surface area contributed by atoms with Crippen LogP contribution in [0.3, 0.4) is 0 Å². The molecule has 0 fully saturated rings. The standard InChI is InChI=1S/C12H17F3N2O3/c1-19-6-7(18)2-3-17-10-5-11(20-12(14)15)8(13)4-9(10)16/h4-5,7,12,17-18H,2-3,6,16H2,1H3. The average Bonchev–Trinajstić information content (AvgIpc) is 2.34. The maximum absolute atomic E-state index is 13.3. The first-order chi connectivity index (χ1) is 9.43. The van der Waals surface area contributed by atoms with Gasteiger partial charge in [-0.25, -0.2) is 4.39 Å². The predicted molar refractivity (Wildman–Crippen MR) is 68.4 cm³/mol. The number of ether oxygens (including phenoxy) is 2. The molecular weight excluding hydrogens is 277 g/mol. The predicted octanol–water partition coefficient (Wildman–Crippen LogP) is 1.82. The van der Waals surface area contributed by atoms with Crippen LogP contribution >= 0.6 is 0 Å². The first kappa shape index (κ1) is 16.4. The first-order valence-corrected chi connectivity index (χ1v) is 5.88. The van der Waals surface area contributed by atoms with E-state index in [0.29, 0.717) is 13.0 Å². The Morgan fingerprint density at radius 2 is 2.10 bits per heavy atom. The average molecular weight is 294 g/mol. The molecule has 1 atom stereocenters. The third-order valence-electron chi connectivity index (χ3n) is 2.47. The van der Waals surface area contributed by atoms with E-state index >= 15 is 0 Å². The number of nitrogens with one attached hydrogen (secondary N) is 1. The molecule has 0 spiro atoms. The number of alkyl halides is 2. The molecule has 0 saturated heterocycles. The molecule has 0 heterocycles. The van der Waals surface area contributed by atoms with E-state index in [-0.39, 0.29) is 18.0 Å². The van der Waals surface area contributed by atoms with E-state index < -0.39 is 24.3 Å². The molecule has 0 aromatic heterocycles. The summed E-state index contributed by atoms with van der Waals surface area (Å²) in [7, 11) is 1.46. The van der Waals surface area contributed by atoms with Gasteiger partial charge < -0.3 is 25.6 Å². The Kier molecular flexibility index (Phi) is 6.40. The molecule has 114 valence electrons. The summed E-state index contributed by atoms with van der Waals surface area (Å²) in [5.74, 6) is -1.55. The van der Waals surface area contributed by atoms with E-state index in [0.717, 1.165) is 12.1 Å². The monoisotopic (exact) mass is 294 g/mol. The van der Waals surface area contributed by atoms with E-state index in [1.807, 2.05) is 0 Å². The van der Waals surface area contributed by atoms with E-state index in [9.17, 15) is 18.3 Å². The fraction of sp³-hybridized carbons (Fsp3) is 0.500. The summed E-state index contributed by atoms with van der Waals surface area (Å²) in [6, 6.07) is 1.95. The molecule has 1 aromatic carbocycles. The molecule has 8 heteroatoms. The Balaban J connectivity index is 2.65. The SMILES string of the molecule is COCC(O)CCNc1cc(OC(F)F)c(F)cc1N. The zero-order chi connectivity index (χ0) is 15.1. The van der Waals surface area contributed by atoms with Crippen molar-refractivity contribution in [3.8, 4) is 5.75 Å². The van der Waals surface area contributed by atoms with Crippen LogP contribution in [0, 0.1) is 5.82 Å². The molecule has 0 radical (unpaired) electrons. The van der Waals surface area contributed by atoms with Crippen molar-refractivity contribution in [2.75, 3.05) is 31.3 Å². The van der Waals surface area contributed by atoms with E-state index in [2.05, 4.69) is 10.1 Å². The number of anilines is 2. The van der Waals surface area contributed by atoms with Gasteiger partial charge in [0.2, 0.25) is 0 Å². The van der Waals surface area contributed by atoms with Gasteiger partial charge in [0.15, 0.2) is 11.6 Å². The van der Waals surface area contributed by atoms with Crippen molar-refractivity contribution in [2.45, 2.75) is 19.1 Å². The topological polar surface area (TPSA) is 76.7 Å². The second kappa shape index (κ2) is 7.81. The van der Waals surface area contributed by atoms with Crippen molar-refractivity contribution >= 4 is 11.4 Å². The molecule has 5 nitrogen and oxygen atoms in total. The van der Waals surface area contributed by atoms with Crippen molar-refractivity contribution < 1.29 is 27.8 Å². The summed E-state index contributed by atoms with van der Waals surface area (Å²) in [4.78, 5) is 0. The second-order valence-corrected chi connectivity index (χ2v) is 4.07. The number of rotatable bonds is 8. The van der Waals surface area contributed by atoms with Crippen LogP contribution in [0.25, 0.3) is 0 Å². The lowest BCUT2D eigenvalue weighted by molar-refractivity contribution is -0.0521. The number of nitrogen functional groups attached to an aromatic ring is 1. The third-order valence-corrected chi connectivity index (χ3v) is 2.47. The second-order valence-electron chi connectivity index (χ2n) is 4.07. The Bertz CT molecular complexity index is 433. The van der Waals surface area contributed by atoms with E-state index in [4.69, 9.17) is 10.5 Å². The highest BCUT2D eigenvalue weighted by Gasteiger charge is 2.13. The van der Waals surface area contributed by atoms with Crippen LogP contribution < -0.4 is 15.8 Å². The highest BCUT2D eigenvalue weighted by Crippen LogP contribution is 2.29. The van der Waals surface area contributed by atoms with Crippen LogP contribution in [0.4, 0.5) is 24.5 Å². The Labute approximate surface area is 114 Å². The molecule has 1 aromatic rings. The zero-order valence-corrected chi connectivity index (χ0v) is 10.9. The van der Waals surface area contributed by atoms with Crippen LogP contribution in [0.15, 0.2) is 12.1 Å². The minimum atomic E-state index is -3.12. The Hall–Kier alpha value is -1.67. The number of aliphatic hydroxyl groups excluding tert-OH is 1. The molecule has 20 heavy (non-hydrogen) atoms. The molecule has 0 aliphatic carbocycles. The Morgan fingerprint density at radius 3 is 2.70 bits per heavy atom. The lowest BCUT2D eigenvalue weighted by Gasteiger charge is -2.14. The summed E-state index contributed by atoms with van der Waals surface area (Å²) in [6.45, 7) is -2.63. The van der Waals surface area contributed by atoms with Gasteiger partial charge in [0.25, 0.3) is 0 Å². The molecular formula is C12H17F3N2O3. The largest absolute Gasteiger partial charge is 0.432 e. The first-order valence-electron chi connectivity index (χ1n) is 5.88. The molecule has 0 saturated carbocycles. The van der Waals surface area contributed by atoms with Gasteiger partial charge in [-0.15, -0.1) is 0 Å². The molecule has 0 bridgehead atoms. The number of halogens is 3. The summed E-state index contributed by atoms with van der Waals surface area (Å²) >= 11 is 0. The molecule has 0 amide bonds. The lowest BCUT2D eigenvalue weighted by atomic mass is 10.2. The zero-order valence-electron chi connectivity index (χ0n) is 10.9. The van der Waals surface area contributed by atoms with E-state index in [1.165, 1.54) is 7.11 Å². The summed E-state index contributed by atoms with van der Waals surface area (Å²) in [5.41, 5.74) is 5.88. The van der Waals surface area contributed by atoms with Gasteiger partial charge in [0.1, 0.15) is 0 Å². The van der Waals surface area contributed by atoms with Gasteiger partial charge in [0, 0.05) is 25.8 Å². The molecule has 1 rings (SSSR count). The van der Waals surface area contributed by atoms with Crippen molar-refractivity contribution in [3.63, 3.8) is 0 Å². The molecule has 1 unspecified atom stereocenters. The third kappa shape index (κ3) is 5.14. The minimum Gasteiger partial charge on any atom is -0.432 e. The van der Waals surface area contributed by atoms with Crippen LogP contribution in [0.1, 0.15) is 6.42 Å². The summed E-state index contributed by atoms with van der Waals surface area (Å²) < 4.78 is 46.3. The summed E-state index contributed by atoms with van der Waals surface area (Å²) in [5, 5.41) is 12.2. The van der Waals surface area contributed by atoms with Gasteiger partial charge in [-0.3, -0.25) is 0 Å². The minimum absolute atomic E-state index is 0.0605. The van der Waals surface area contributed by atoms with Crippen LogP contribution in [-0.4, -0.2) is 38.1 Å². The number of nitrogens with two attached hydrogens (primary N) is 1. The maximum atomic E-state index is 13.3. The van der Waals surface area contributed by atoms with Crippen molar-refractivity contribution in [3.05, 3.63) is 17.9 Å². The van der Waals surface area contributed by atoms with Crippen LogP contribution in [0.5, 0.6) is 5.75 Å². The van der Waals surface area contributed by atoms with Gasteiger partial charge >= 0.3 is 6.61 Å². The Morgan fingerprint density at radius 1 is 1.40 bits per heavy atom. The van der Waals surface area contributed by atoms with E-state index in [1.54, 1.807) is 0 Å². The van der Waals surface area contributed by atoms with Crippen LogP contribution in [0.2, 0.25) is 0 Å². The van der Waals surface area contributed by atoms with Crippen molar-refractivity contribution in [1.82, 2.24) is 0 Å². The fourth-order valence-electron chi connectivity index (χ4n) is 1.56.